The summed E-state index contributed by atoms with van der Waals surface area (Å²) < 4.78 is 40.1. The van der Waals surface area contributed by atoms with Crippen LogP contribution in [0.25, 0.3) is 0 Å². The van der Waals surface area contributed by atoms with E-state index in [1.165, 1.54) is 0 Å². The summed E-state index contributed by atoms with van der Waals surface area (Å²) in [7, 11) is 0. The highest BCUT2D eigenvalue weighted by Crippen LogP contribution is 2.22. The van der Waals surface area contributed by atoms with Gasteiger partial charge in [0.15, 0.2) is 6.10 Å². The number of carbonyl (C=O) groups excluding carboxylic acids is 1. The van der Waals surface area contributed by atoms with Crippen molar-refractivity contribution >= 4 is 5.97 Å². The second-order valence-corrected chi connectivity index (χ2v) is 3.54. The quantitative estimate of drug-likeness (QED) is 0.551. The first-order chi connectivity index (χ1) is 7.38. The number of alkyl halides is 3. The van der Waals surface area contributed by atoms with Crippen LogP contribution < -0.4 is 0 Å². The number of rotatable bonds is 7. The molecule has 1 atom stereocenters. The van der Waals surface area contributed by atoms with E-state index in [0.717, 1.165) is 19.3 Å². The Balaban J connectivity index is 3.59. The molecule has 0 fully saturated rings. The van der Waals surface area contributed by atoms with E-state index in [2.05, 4.69) is 4.74 Å². The van der Waals surface area contributed by atoms with Gasteiger partial charge in [-0.05, 0) is 6.42 Å². The van der Waals surface area contributed by atoms with Crippen molar-refractivity contribution in [3.8, 4) is 0 Å². The monoisotopic (exact) mass is 242 g/mol. The summed E-state index contributed by atoms with van der Waals surface area (Å²) in [6.07, 6.45) is -4.87. The number of hydrogen-bond acceptors (Lipinski definition) is 3. The molecule has 0 aromatic carbocycles. The van der Waals surface area contributed by atoms with Gasteiger partial charge in [-0.2, -0.15) is 13.2 Å². The predicted octanol–water partition coefficient (Wildman–Crippen LogP) is 2.42. The van der Waals surface area contributed by atoms with E-state index in [9.17, 15) is 18.0 Å². The fourth-order valence-corrected chi connectivity index (χ4v) is 1.05. The number of ether oxygens (including phenoxy) is 1. The van der Waals surface area contributed by atoms with Crippen molar-refractivity contribution in [1.29, 1.82) is 0 Å². The van der Waals surface area contributed by atoms with Crippen LogP contribution in [-0.4, -0.2) is 30.0 Å². The molecule has 0 aromatic heterocycles. The standard InChI is InChI=1S/C10H17F3O3/c1-2-3-4-5-6-16-9(15)7-8(14)10(11,12)13/h8,14H,2-7H2,1H3/t8-/m0/s1. The predicted molar refractivity (Wildman–Crippen MR) is 51.8 cm³/mol. The van der Waals surface area contributed by atoms with Crippen LogP contribution in [0.5, 0.6) is 0 Å². The van der Waals surface area contributed by atoms with Crippen LogP contribution >= 0.6 is 0 Å². The summed E-state index contributed by atoms with van der Waals surface area (Å²) in [5, 5.41) is 8.57. The zero-order valence-corrected chi connectivity index (χ0v) is 9.22. The van der Waals surface area contributed by atoms with E-state index < -0.39 is 24.7 Å². The topological polar surface area (TPSA) is 46.5 Å². The van der Waals surface area contributed by atoms with Crippen molar-refractivity contribution in [2.45, 2.75) is 51.3 Å². The van der Waals surface area contributed by atoms with Crippen LogP contribution in [0.1, 0.15) is 39.0 Å². The van der Waals surface area contributed by atoms with Crippen molar-refractivity contribution in [3.63, 3.8) is 0 Å². The molecule has 3 nitrogen and oxygen atoms in total. The molecule has 0 bridgehead atoms. The largest absolute Gasteiger partial charge is 0.466 e. The van der Waals surface area contributed by atoms with Gasteiger partial charge in [0.25, 0.3) is 0 Å². The van der Waals surface area contributed by atoms with Gasteiger partial charge in [-0.1, -0.05) is 26.2 Å². The average molecular weight is 242 g/mol. The maximum absolute atomic E-state index is 11.8. The van der Waals surface area contributed by atoms with Gasteiger partial charge in [0.2, 0.25) is 0 Å². The summed E-state index contributed by atoms with van der Waals surface area (Å²) in [5.41, 5.74) is 0. The summed E-state index contributed by atoms with van der Waals surface area (Å²) in [6, 6.07) is 0. The molecule has 0 aromatic rings. The molecule has 0 heterocycles. The van der Waals surface area contributed by atoms with Crippen LogP contribution in [0.3, 0.4) is 0 Å². The Labute approximate surface area is 92.6 Å². The number of hydrogen-bond donors (Lipinski definition) is 1. The van der Waals surface area contributed by atoms with E-state index in [-0.39, 0.29) is 6.61 Å². The summed E-state index contributed by atoms with van der Waals surface area (Å²) in [4.78, 5) is 10.9. The Hall–Kier alpha value is -0.780. The molecule has 0 aliphatic heterocycles. The van der Waals surface area contributed by atoms with E-state index in [1.54, 1.807) is 0 Å². The number of halogens is 3. The molecule has 0 amide bonds. The Kier molecular flexibility index (Phi) is 7.12. The lowest BCUT2D eigenvalue weighted by Gasteiger charge is -2.13. The van der Waals surface area contributed by atoms with Gasteiger partial charge in [0.1, 0.15) is 0 Å². The third-order valence-corrected chi connectivity index (χ3v) is 2.00. The molecule has 0 unspecified atom stereocenters. The molecule has 0 aliphatic carbocycles. The lowest BCUT2D eigenvalue weighted by molar-refractivity contribution is -0.209. The molecule has 0 rings (SSSR count). The van der Waals surface area contributed by atoms with Gasteiger partial charge < -0.3 is 9.84 Å². The number of aliphatic hydroxyl groups is 1. The van der Waals surface area contributed by atoms with Gasteiger partial charge >= 0.3 is 12.1 Å². The van der Waals surface area contributed by atoms with Crippen molar-refractivity contribution in [2.75, 3.05) is 6.61 Å². The molecule has 0 aliphatic rings. The number of carbonyl (C=O) groups is 1. The molecule has 0 saturated carbocycles. The van der Waals surface area contributed by atoms with Crippen LogP contribution in [0, 0.1) is 0 Å². The van der Waals surface area contributed by atoms with E-state index in [0.29, 0.717) is 6.42 Å². The minimum absolute atomic E-state index is 0.114. The highest BCUT2D eigenvalue weighted by molar-refractivity contribution is 5.70. The van der Waals surface area contributed by atoms with Crippen LogP contribution in [0.2, 0.25) is 0 Å². The summed E-state index contributed by atoms with van der Waals surface area (Å²) in [6.45, 7) is 2.13. The van der Waals surface area contributed by atoms with E-state index >= 15 is 0 Å². The molecule has 6 heteroatoms. The Morgan fingerprint density at radius 2 is 1.94 bits per heavy atom. The molecule has 16 heavy (non-hydrogen) atoms. The average Bonchev–Trinajstić information content (AvgIpc) is 2.16. The second kappa shape index (κ2) is 7.49. The molecule has 0 spiro atoms. The number of aliphatic hydroxyl groups excluding tert-OH is 1. The van der Waals surface area contributed by atoms with Crippen molar-refractivity contribution in [1.82, 2.24) is 0 Å². The summed E-state index contributed by atoms with van der Waals surface area (Å²) in [5.74, 6) is -1.01. The highest BCUT2D eigenvalue weighted by atomic mass is 19.4. The van der Waals surface area contributed by atoms with Crippen molar-refractivity contribution in [2.24, 2.45) is 0 Å². The second-order valence-electron chi connectivity index (χ2n) is 3.54. The van der Waals surface area contributed by atoms with Crippen LogP contribution in [0.4, 0.5) is 13.2 Å². The molecule has 96 valence electrons. The first-order valence-electron chi connectivity index (χ1n) is 5.28. The first-order valence-corrected chi connectivity index (χ1v) is 5.28. The van der Waals surface area contributed by atoms with Crippen LogP contribution in [0.15, 0.2) is 0 Å². The molecular formula is C10H17F3O3. The Bertz CT molecular complexity index is 204. The highest BCUT2D eigenvalue weighted by Gasteiger charge is 2.39. The Morgan fingerprint density at radius 1 is 1.31 bits per heavy atom. The fourth-order valence-electron chi connectivity index (χ4n) is 1.05. The third kappa shape index (κ3) is 7.50. The van der Waals surface area contributed by atoms with Gasteiger partial charge in [-0.15, -0.1) is 0 Å². The zero-order chi connectivity index (χ0) is 12.6. The maximum Gasteiger partial charge on any atom is 0.414 e. The number of esters is 1. The molecule has 1 N–H and O–H groups in total. The first kappa shape index (κ1) is 15.2. The zero-order valence-electron chi connectivity index (χ0n) is 9.22. The van der Waals surface area contributed by atoms with Crippen molar-refractivity contribution < 1.29 is 27.8 Å². The minimum atomic E-state index is -4.76. The summed E-state index contributed by atoms with van der Waals surface area (Å²) >= 11 is 0. The van der Waals surface area contributed by atoms with Gasteiger partial charge in [-0.3, -0.25) is 4.79 Å². The lowest BCUT2D eigenvalue weighted by Crippen LogP contribution is -2.31. The minimum Gasteiger partial charge on any atom is -0.466 e. The number of unbranched alkanes of at least 4 members (excludes halogenated alkanes) is 3. The maximum atomic E-state index is 11.8. The lowest BCUT2D eigenvalue weighted by atomic mass is 10.2. The Morgan fingerprint density at radius 3 is 2.44 bits per heavy atom. The van der Waals surface area contributed by atoms with E-state index in [4.69, 9.17) is 5.11 Å². The van der Waals surface area contributed by atoms with Gasteiger partial charge in [0.05, 0.1) is 13.0 Å². The third-order valence-electron chi connectivity index (χ3n) is 2.00. The van der Waals surface area contributed by atoms with Crippen molar-refractivity contribution in [3.05, 3.63) is 0 Å². The smallest absolute Gasteiger partial charge is 0.414 e. The van der Waals surface area contributed by atoms with E-state index in [1.807, 2.05) is 6.92 Å². The molecule has 0 saturated heterocycles. The molecular weight excluding hydrogens is 225 g/mol. The van der Waals surface area contributed by atoms with Crippen LogP contribution in [-0.2, 0) is 9.53 Å². The SMILES string of the molecule is CCCCCCOC(=O)C[C@H](O)C(F)(F)F. The normalized spacial score (nSPS) is 13.6. The van der Waals surface area contributed by atoms with Gasteiger partial charge in [-0.25, -0.2) is 0 Å². The fraction of sp³-hybridized carbons (Fsp3) is 0.900. The molecule has 0 radical (unpaired) electrons. The van der Waals surface area contributed by atoms with Gasteiger partial charge in [0, 0.05) is 0 Å².